The van der Waals surface area contributed by atoms with E-state index in [0.29, 0.717) is 42.6 Å². The van der Waals surface area contributed by atoms with E-state index in [0.717, 1.165) is 22.9 Å². The van der Waals surface area contributed by atoms with Crippen molar-refractivity contribution in [1.29, 1.82) is 0 Å². The van der Waals surface area contributed by atoms with E-state index in [-0.39, 0.29) is 5.91 Å². The first kappa shape index (κ1) is 19.2. The summed E-state index contributed by atoms with van der Waals surface area (Å²) in [5.41, 5.74) is 4.41. The molecule has 0 fully saturated rings. The van der Waals surface area contributed by atoms with Crippen LogP contribution in [0.1, 0.15) is 28.5 Å². The van der Waals surface area contributed by atoms with Crippen molar-refractivity contribution in [1.82, 2.24) is 9.78 Å². The lowest BCUT2D eigenvalue weighted by molar-refractivity contribution is 0.102. The van der Waals surface area contributed by atoms with Crippen LogP contribution in [0.15, 0.2) is 66.7 Å². The number of fused-ring (bicyclic) bond motifs is 2. The summed E-state index contributed by atoms with van der Waals surface area (Å²) in [6.45, 7) is 3.77. The quantitative estimate of drug-likeness (QED) is 0.516. The number of hydrogen-bond acceptors (Lipinski definition) is 4. The average Bonchev–Trinajstić information content (AvgIpc) is 3.18. The molecule has 156 valence electrons. The molecule has 0 aliphatic carbocycles. The predicted octanol–water partition coefficient (Wildman–Crippen LogP) is 4.67. The molecule has 4 aromatic rings. The van der Waals surface area contributed by atoms with E-state index in [1.165, 1.54) is 5.56 Å². The Hall–Kier alpha value is -3.80. The molecule has 1 amide bonds. The first-order chi connectivity index (χ1) is 15.2. The molecule has 0 spiro atoms. The average molecular weight is 413 g/mol. The fourth-order valence-electron chi connectivity index (χ4n) is 3.78. The molecule has 6 nitrogen and oxygen atoms in total. The van der Waals surface area contributed by atoms with E-state index in [1.807, 2.05) is 28.9 Å². The molecule has 2 heterocycles. The predicted molar refractivity (Wildman–Crippen MR) is 120 cm³/mol. The van der Waals surface area contributed by atoms with Crippen LogP contribution in [0.25, 0.3) is 10.9 Å². The summed E-state index contributed by atoms with van der Waals surface area (Å²) in [6, 6.07) is 21.7. The lowest BCUT2D eigenvalue weighted by Crippen LogP contribution is -2.17. The van der Waals surface area contributed by atoms with Gasteiger partial charge in [0.1, 0.15) is 13.2 Å². The zero-order valence-corrected chi connectivity index (χ0v) is 17.3. The molecule has 0 bridgehead atoms. The van der Waals surface area contributed by atoms with Gasteiger partial charge in [-0.15, -0.1) is 0 Å². The number of benzene rings is 3. The van der Waals surface area contributed by atoms with Gasteiger partial charge in [0, 0.05) is 17.1 Å². The summed E-state index contributed by atoms with van der Waals surface area (Å²) in [4.78, 5) is 13.1. The van der Waals surface area contributed by atoms with Gasteiger partial charge >= 0.3 is 0 Å². The van der Waals surface area contributed by atoms with Crippen LogP contribution < -0.4 is 14.8 Å². The van der Waals surface area contributed by atoms with Crippen molar-refractivity contribution in [2.24, 2.45) is 0 Å². The number of carbonyl (C=O) groups is 1. The first-order valence-electron chi connectivity index (χ1n) is 10.5. The van der Waals surface area contributed by atoms with Crippen LogP contribution in [0.4, 0.5) is 5.69 Å². The number of rotatable bonds is 5. The smallest absolute Gasteiger partial charge is 0.276 e. The number of anilines is 1. The van der Waals surface area contributed by atoms with E-state index >= 15 is 0 Å². The second-order valence-electron chi connectivity index (χ2n) is 7.51. The van der Waals surface area contributed by atoms with Crippen molar-refractivity contribution in [2.45, 2.75) is 19.9 Å². The maximum Gasteiger partial charge on any atom is 0.276 e. The molecule has 1 aliphatic heterocycles. The zero-order valence-electron chi connectivity index (χ0n) is 17.3. The van der Waals surface area contributed by atoms with Crippen LogP contribution in [-0.2, 0) is 13.0 Å². The van der Waals surface area contributed by atoms with Gasteiger partial charge in [0.05, 0.1) is 12.1 Å². The number of aryl methyl sites for hydroxylation is 1. The molecule has 0 saturated heterocycles. The minimum Gasteiger partial charge on any atom is -0.486 e. The Kier molecular flexibility index (Phi) is 5.04. The SMILES string of the molecule is CCc1ccc(Cn2nc(C(=O)Nc3ccc4c(c3)OCCO4)c3ccccc32)cc1. The number of aromatic nitrogens is 2. The Bertz CT molecular complexity index is 1240. The monoisotopic (exact) mass is 413 g/mol. The molecule has 1 aliphatic rings. The minimum atomic E-state index is -0.257. The fraction of sp³-hybridized carbons (Fsp3) is 0.200. The van der Waals surface area contributed by atoms with Crippen molar-refractivity contribution >= 4 is 22.5 Å². The molecule has 1 N–H and O–H groups in total. The lowest BCUT2D eigenvalue weighted by Gasteiger charge is -2.18. The molecule has 31 heavy (non-hydrogen) atoms. The largest absolute Gasteiger partial charge is 0.486 e. The fourth-order valence-corrected chi connectivity index (χ4v) is 3.78. The summed E-state index contributed by atoms with van der Waals surface area (Å²) in [6.07, 6.45) is 1.01. The standard InChI is InChI=1S/C25H23N3O3/c1-2-17-7-9-18(10-8-17)16-28-21-6-4-3-5-20(21)24(27-28)25(29)26-19-11-12-22-23(15-19)31-14-13-30-22/h3-12,15H,2,13-14,16H2,1H3,(H,26,29). The molecule has 6 heteroatoms. The van der Waals surface area contributed by atoms with Gasteiger partial charge in [0.25, 0.3) is 5.91 Å². The van der Waals surface area contributed by atoms with Crippen LogP contribution in [0.3, 0.4) is 0 Å². The molecule has 0 radical (unpaired) electrons. The maximum atomic E-state index is 13.1. The highest BCUT2D eigenvalue weighted by molar-refractivity contribution is 6.11. The van der Waals surface area contributed by atoms with E-state index in [1.54, 1.807) is 18.2 Å². The molecule has 3 aromatic carbocycles. The van der Waals surface area contributed by atoms with Gasteiger partial charge in [-0.3, -0.25) is 9.48 Å². The van der Waals surface area contributed by atoms with Gasteiger partial charge in [0.15, 0.2) is 17.2 Å². The molecule has 0 saturated carbocycles. The number of para-hydroxylation sites is 1. The summed E-state index contributed by atoms with van der Waals surface area (Å²) in [5.74, 6) is 1.07. The van der Waals surface area contributed by atoms with Crippen molar-refractivity contribution in [3.05, 3.63) is 83.6 Å². The zero-order chi connectivity index (χ0) is 21.2. The van der Waals surface area contributed by atoms with E-state index in [4.69, 9.17) is 9.47 Å². The van der Waals surface area contributed by atoms with Crippen LogP contribution in [0.5, 0.6) is 11.5 Å². The molecular formula is C25H23N3O3. The minimum absolute atomic E-state index is 0.257. The second kappa shape index (κ2) is 8.14. The van der Waals surface area contributed by atoms with Gasteiger partial charge in [-0.2, -0.15) is 5.10 Å². The van der Waals surface area contributed by atoms with Gasteiger partial charge in [-0.25, -0.2) is 0 Å². The van der Waals surface area contributed by atoms with Crippen LogP contribution >= 0.6 is 0 Å². The first-order valence-corrected chi connectivity index (χ1v) is 10.5. The van der Waals surface area contributed by atoms with E-state index < -0.39 is 0 Å². The molecular weight excluding hydrogens is 390 g/mol. The third kappa shape index (κ3) is 3.84. The Morgan fingerprint density at radius 1 is 0.968 bits per heavy atom. The lowest BCUT2D eigenvalue weighted by atomic mass is 10.1. The Morgan fingerprint density at radius 2 is 1.71 bits per heavy atom. The van der Waals surface area contributed by atoms with Gasteiger partial charge in [-0.05, 0) is 35.7 Å². The normalized spacial score (nSPS) is 12.7. The van der Waals surface area contributed by atoms with Crippen LogP contribution in [0.2, 0.25) is 0 Å². The van der Waals surface area contributed by atoms with Crippen molar-refractivity contribution < 1.29 is 14.3 Å². The van der Waals surface area contributed by atoms with Gasteiger partial charge in [-0.1, -0.05) is 49.4 Å². The highest BCUT2D eigenvalue weighted by Gasteiger charge is 2.19. The summed E-state index contributed by atoms with van der Waals surface area (Å²) in [5, 5.41) is 8.42. The van der Waals surface area contributed by atoms with Gasteiger partial charge in [0.2, 0.25) is 0 Å². The number of hydrogen-bond donors (Lipinski definition) is 1. The highest BCUT2D eigenvalue weighted by atomic mass is 16.6. The second-order valence-corrected chi connectivity index (χ2v) is 7.51. The molecule has 1 aromatic heterocycles. The number of carbonyl (C=O) groups excluding carboxylic acids is 1. The van der Waals surface area contributed by atoms with E-state index in [9.17, 15) is 4.79 Å². The Labute approximate surface area is 180 Å². The van der Waals surface area contributed by atoms with Gasteiger partial charge < -0.3 is 14.8 Å². The Morgan fingerprint density at radius 3 is 2.52 bits per heavy atom. The number of amides is 1. The third-order valence-electron chi connectivity index (χ3n) is 5.44. The van der Waals surface area contributed by atoms with Crippen LogP contribution in [-0.4, -0.2) is 28.9 Å². The molecule has 0 unspecified atom stereocenters. The summed E-state index contributed by atoms with van der Waals surface area (Å²) >= 11 is 0. The summed E-state index contributed by atoms with van der Waals surface area (Å²) in [7, 11) is 0. The molecule has 5 rings (SSSR count). The van der Waals surface area contributed by atoms with E-state index in [2.05, 4.69) is 41.6 Å². The van der Waals surface area contributed by atoms with Crippen molar-refractivity contribution in [3.63, 3.8) is 0 Å². The summed E-state index contributed by atoms with van der Waals surface area (Å²) < 4.78 is 13.0. The Balaban J connectivity index is 1.43. The van der Waals surface area contributed by atoms with Crippen molar-refractivity contribution in [2.75, 3.05) is 18.5 Å². The highest BCUT2D eigenvalue weighted by Crippen LogP contribution is 2.33. The maximum absolute atomic E-state index is 13.1. The third-order valence-corrected chi connectivity index (χ3v) is 5.44. The molecule has 0 atom stereocenters. The topological polar surface area (TPSA) is 65.4 Å². The van der Waals surface area contributed by atoms with Crippen LogP contribution in [0, 0.1) is 0 Å². The number of ether oxygens (including phenoxy) is 2. The number of nitrogens with zero attached hydrogens (tertiary/aromatic N) is 2. The number of nitrogens with one attached hydrogen (secondary N) is 1. The van der Waals surface area contributed by atoms with Crippen molar-refractivity contribution in [3.8, 4) is 11.5 Å².